The molecule has 11 nitrogen and oxygen atoms in total. The molecule has 1 saturated heterocycles. The van der Waals surface area contributed by atoms with Crippen molar-refractivity contribution in [1.29, 1.82) is 0 Å². The van der Waals surface area contributed by atoms with Crippen molar-refractivity contribution in [3.63, 3.8) is 0 Å². The van der Waals surface area contributed by atoms with Gasteiger partial charge in [0.25, 0.3) is 5.91 Å². The molecule has 0 radical (unpaired) electrons. The van der Waals surface area contributed by atoms with Crippen molar-refractivity contribution in [2.75, 3.05) is 32.8 Å². The number of nitrogens with one attached hydrogen (secondary N) is 1. The van der Waals surface area contributed by atoms with E-state index in [9.17, 15) is 19.5 Å². The standard InChI is InChI=1S/C32H37N5O6/c1-2-42-32(41)37-18-16-36(17-19-37)31(40)26(20-23-12-6-9-15-27(23)38)34-30(39)25-21-28(43-24-13-7-8-14-24)35-29(33-25)22-10-4-3-5-11-22/h3-6,9-12,15,21,24,26,38H,2,7-8,13-14,16-20H2,1H3,(H,34,39). The zero-order chi connectivity index (χ0) is 30.2. The predicted molar refractivity (Wildman–Crippen MR) is 159 cm³/mol. The van der Waals surface area contributed by atoms with Gasteiger partial charge in [-0.2, -0.15) is 4.98 Å². The SMILES string of the molecule is CCOC(=O)N1CCN(C(=O)C(Cc2ccccc2O)NC(=O)c2cc(OC3CCCC3)nc(-c3ccccc3)n2)CC1. The average Bonchev–Trinajstić information content (AvgIpc) is 3.55. The van der Waals surface area contributed by atoms with Crippen molar-refractivity contribution in [3.8, 4) is 23.0 Å². The summed E-state index contributed by atoms with van der Waals surface area (Å²) in [5, 5.41) is 13.3. The number of hydrogen-bond acceptors (Lipinski definition) is 8. The highest BCUT2D eigenvalue weighted by Gasteiger charge is 2.32. The Morgan fingerprint density at radius 1 is 0.953 bits per heavy atom. The molecular weight excluding hydrogens is 550 g/mol. The van der Waals surface area contributed by atoms with E-state index in [-0.39, 0.29) is 49.6 Å². The molecule has 2 heterocycles. The number of phenols is 1. The summed E-state index contributed by atoms with van der Waals surface area (Å²) in [5.41, 5.74) is 1.32. The molecule has 3 aromatic rings. The second-order valence-corrected chi connectivity index (χ2v) is 10.7. The average molecular weight is 588 g/mol. The summed E-state index contributed by atoms with van der Waals surface area (Å²) in [7, 11) is 0. The summed E-state index contributed by atoms with van der Waals surface area (Å²) in [6.07, 6.45) is 3.69. The van der Waals surface area contributed by atoms with Gasteiger partial charge >= 0.3 is 6.09 Å². The Hall–Kier alpha value is -4.67. The van der Waals surface area contributed by atoms with Crippen LogP contribution < -0.4 is 10.1 Å². The monoisotopic (exact) mass is 587 g/mol. The first-order valence-corrected chi connectivity index (χ1v) is 14.8. The summed E-state index contributed by atoms with van der Waals surface area (Å²) >= 11 is 0. The molecule has 1 aliphatic carbocycles. The molecule has 3 amide bonds. The van der Waals surface area contributed by atoms with Crippen LogP contribution in [0.2, 0.25) is 0 Å². The fraction of sp³-hybridized carbons (Fsp3) is 0.406. The van der Waals surface area contributed by atoms with Gasteiger partial charge in [-0.25, -0.2) is 9.78 Å². The van der Waals surface area contributed by atoms with E-state index in [0.717, 1.165) is 31.2 Å². The van der Waals surface area contributed by atoms with Gasteiger partial charge in [-0.15, -0.1) is 0 Å². The molecule has 11 heteroatoms. The summed E-state index contributed by atoms with van der Waals surface area (Å²) < 4.78 is 11.2. The van der Waals surface area contributed by atoms with Crippen molar-refractivity contribution in [2.45, 2.75) is 51.2 Å². The maximum atomic E-state index is 13.8. The zero-order valence-electron chi connectivity index (χ0n) is 24.3. The molecule has 0 bridgehead atoms. The van der Waals surface area contributed by atoms with Crippen LogP contribution in [0.1, 0.15) is 48.7 Å². The Labute approximate surface area is 250 Å². The molecule has 1 aromatic heterocycles. The zero-order valence-corrected chi connectivity index (χ0v) is 24.3. The fourth-order valence-electron chi connectivity index (χ4n) is 5.38. The summed E-state index contributed by atoms with van der Waals surface area (Å²) in [4.78, 5) is 52.0. The van der Waals surface area contributed by atoms with E-state index < -0.39 is 18.0 Å². The van der Waals surface area contributed by atoms with Gasteiger partial charge in [0.05, 0.1) is 6.61 Å². The van der Waals surface area contributed by atoms with Crippen molar-refractivity contribution < 1.29 is 29.0 Å². The topological polar surface area (TPSA) is 134 Å². The van der Waals surface area contributed by atoms with Crippen LogP contribution in [0.25, 0.3) is 11.4 Å². The van der Waals surface area contributed by atoms with Crippen molar-refractivity contribution in [1.82, 2.24) is 25.1 Å². The minimum Gasteiger partial charge on any atom is -0.508 e. The minimum atomic E-state index is -0.996. The van der Waals surface area contributed by atoms with Crippen molar-refractivity contribution in [3.05, 3.63) is 71.9 Å². The van der Waals surface area contributed by atoms with Crippen LogP contribution in [0.4, 0.5) is 4.79 Å². The molecule has 5 rings (SSSR count). The lowest BCUT2D eigenvalue weighted by molar-refractivity contribution is -0.134. The third kappa shape index (κ3) is 7.59. The number of carbonyl (C=O) groups is 3. The quantitative estimate of drug-likeness (QED) is 0.386. The second kappa shape index (κ2) is 14.0. The van der Waals surface area contributed by atoms with E-state index in [2.05, 4.69) is 15.3 Å². The number of aromatic hydroxyl groups is 1. The lowest BCUT2D eigenvalue weighted by Crippen LogP contribution is -2.56. The van der Waals surface area contributed by atoms with Crippen molar-refractivity contribution >= 4 is 17.9 Å². The van der Waals surface area contributed by atoms with Crippen LogP contribution in [0.15, 0.2) is 60.7 Å². The number of ether oxygens (including phenoxy) is 2. The second-order valence-electron chi connectivity index (χ2n) is 10.7. The molecule has 2 aliphatic rings. The smallest absolute Gasteiger partial charge is 0.409 e. The largest absolute Gasteiger partial charge is 0.508 e. The van der Waals surface area contributed by atoms with Crippen LogP contribution in [0.5, 0.6) is 11.6 Å². The van der Waals surface area contributed by atoms with Crippen LogP contribution in [0, 0.1) is 0 Å². The van der Waals surface area contributed by atoms with E-state index >= 15 is 0 Å². The molecule has 2 aromatic carbocycles. The highest BCUT2D eigenvalue weighted by molar-refractivity contribution is 5.96. The van der Waals surface area contributed by atoms with Gasteiger partial charge in [-0.05, 0) is 44.2 Å². The number of benzene rings is 2. The number of rotatable bonds is 9. The number of carbonyl (C=O) groups excluding carboxylic acids is 3. The van der Waals surface area contributed by atoms with Crippen LogP contribution in [-0.2, 0) is 16.0 Å². The Morgan fingerprint density at radius 3 is 2.33 bits per heavy atom. The van der Waals surface area contributed by atoms with E-state index in [1.54, 1.807) is 41.0 Å². The Balaban J connectivity index is 1.39. The molecular formula is C32H37N5O6. The maximum Gasteiger partial charge on any atom is 0.409 e. The van der Waals surface area contributed by atoms with Gasteiger partial charge in [-0.3, -0.25) is 9.59 Å². The fourth-order valence-corrected chi connectivity index (χ4v) is 5.38. The van der Waals surface area contributed by atoms with Gasteiger partial charge in [-0.1, -0.05) is 48.5 Å². The molecule has 1 atom stereocenters. The van der Waals surface area contributed by atoms with E-state index in [1.807, 2.05) is 30.3 Å². The van der Waals surface area contributed by atoms with Gasteiger partial charge in [0, 0.05) is 44.2 Å². The van der Waals surface area contributed by atoms with E-state index in [1.165, 1.54) is 6.07 Å². The van der Waals surface area contributed by atoms with Gasteiger partial charge in [0.15, 0.2) is 5.82 Å². The van der Waals surface area contributed by atoms with Crippen LogP contribution in [-0.4, -0.2) is 87.7 Å². The first kappa shape index (κ1) is 29.8. The minimum absolute atomic E-state index is 0.0260. The van der Waals surface area contributed by atoms with Crippen molar-refractivity contribution in [2.24, 2.45) is 0 Å². The number of para-hydroxylation sites is 1. The lowest BCUT2D eigenvalue weighted by Gasteiger charge is -2.36. The van der Waals surface area contributed by atoms with Gasteiger partial charge < -0.3 is 29.7 Å². The third-order valence-corrected chi connectivity index (χ3v) is 7.69. The predicted octanol–water partition coefficient (Wildman–Crippen LogP) is 3.81. The Bertz CT molecular complexity index is 1420. The lowest BCUT2D eigenvalue weighted by atomic mass is 10.0. The van der Waals surface area contributed by atoms with Gasteiger partial charge in [0.2, 0.25) is 11.8 Å². The first-order chi connectivity index (χ1) is 20.9. The molecule has 43 heavy (non-hydrogen) atoms. The van der Waals surface area contributed by atoms with Crippen LogP contribution in [0.3, 0.4) is 0 Å². The summed E-state index contributed by atoms with van der Waals surface area (Å²) in [6.45, 7) is 3.22. The van der Waals surface area contributed by atoms with E-state index in [0.29, 0.717) is 30.4 Å². The third-order valence-electron chi connectivity index (χ3n) is 7.69. The Morgan fingerprint density at radius 2 is 1.63 bits per heavy atom. The number of amides is 3. The molecule has 1 aliphatic heterocycles. The number of phenolic OH excluding ortho intramolecular Hbond substituents is 1. The maximum absolute atomic E-state index is 13.8. The molecule has 0 spiro atoms. The molecule has 1 saturated carbocycles. The van der Waals surface area contributed by atoms with Gasteiger partial charge in [0.1, 0.15) is 23.6 Å². The number of piperazine rings is 1. The number of hydrogen-bond donors (Lipinski definition) is 2. The summed E-state index contributed by atoms with van der Waals surface area (Å²) in [5.74, 6) is -0.193. The van der Waals surface area contributed by atoms with Crippen LogP contribution >= 0.6 is 0 Å². The normalized spacial score (nSPS) is 16.0. The number of nitrogens with zero attached hydrogens (tertiary/aromatic N) is 4. The molecule has 1 unspecified atom stereocenters. The Kier molecular flexibility index (Phi) is 9.70. The highest BCUT2D eigenvalue weighted by atomic mass is 16.6. The highest BCUT2D eigenvalue weighted by Crippen LogP contribution is 2.26. The molecule has 226 valence electrons. The molecule has 2 N–H and O–H groups in total. The van der Waals surface area contributed by atoms with E-state index in [4.69, 9.17) is 9.47 Å². The first-order valence-electron chi connectivity index (χ1n) is 14.8. The molecule has 2 fully saturated rings. The summed E-state index contributed by atoms with van der Waals surface area (Å²) in [6, 6.07) is 16.6. The number of aromatic nitrogens is 2.